The summed E-state index contributed by atoms with van der Waals surface area (Å²) in [6.45, 7) is 3.49. The molecule has 0 bridgehead atoms. The van der Waals surface area contributed by atoms with Crippen LogP contribution in [0.3, 0.4) is 0 Å². The zero-order valence-corrected chi connectivity index (χ0v) is 10.4. The van der Waals surface area contributed by atoms with Crippen LogP contribution in [-0.2, 0) is 13.1 Å². The van der Waals surface area contributed by atoms with Crippen LogP contribution < -0.4 is 5.32 Å². The van der Waals surface area contributed by atoms with Crippen LogP contribution >= 0.6 is 11.6 Å². The van der Waals surface area contributed by atoms with Crippen molar-refractivity contribution < 1.29 is 0 Å². The summed E-state index contributed by atoms with van der Waals surface area (Å²) in [6, 6.07) is 7.67. The minimum absolute atomic E-state index is 0.540. The third-order valence-electron chi connectivity index (χ3n) is 2.22. The minimum Gasteiger partial charge on any atom is -0.348 e. The van der Waals surface area contributed by atoms with Gasteiger partial charge in [-0.3, -0.25) is 0 Å². The van der Waals surface area contributed by atoms with Gasteiger partial charge >= 0.3 is 0 Å². The average Bonchev–Trinajstić information content (AvgIpc) is 2.75. The van der Waals surface area contributed by atoms with E-state index < -0.39 is 0 Å². The normalized spacial score (nSPS) is 10.5. The Morgan fingerprint density at radius 1 is 1.41 bits per heavy atom. The van der Waals surface area contributed by atoms with Gasteiger partial charge in [-0.1, -0.05) is 35.8 Å². The first-order valence-electron chi connectivity index (χ1n) is 5.54. The molecule has 90 valence electrons. The van der Waals surface area contributed by atoms with E-state index in [4.69, 9.17) is 11.6 Å². The van der Waals surface area contributed by atoms with E-state index in [0.29, 0.717) is 12.5 Å². The van der Waals surface area contributed by atoms with Gasteiger partial charge in [0.25, 0.3) is 5.95 Å². The quantitative estimate of drug-likeness (QED) is 0.886. The molecule has 6 heteroatoms. The predicted octanol–water partition coefficient (Wildman–Crippen LogP) is 2.35. The highest BCUT2D eigenvalue weighted by molar-refractivity contribution is 6.30. The smallest absolute Gasteiger partial charge is 0.263 e. The topological polar surface area (TPSA) is 55.6 Å². The van der Waals surface area contributed by atoms with Crippen molar-refractivity contribution in [2.24, 2.45) is 0 Å². The molecule has 1 aromatic heterocycles. The molecule has 0 aliphatic carbocycles. The second-order valence-corrected chi connectivity index (χ2v) is 4.13. The third-order valence-corrected chi connectivity index (χ3v) is 2.45. The van der Waals surface area contributed by atoms with E-state index in [2.05, 4.69) is 27.7 Å². The summed E-state index contributed by atoms with van der Waals surface area (Å²) in [6.07, 6.45) is 0.990. The zero-order valence-electron chi connectivity index (χ0n) is 9.60. The Balaban J connectivity index is 1.93. The van der Waals surface area contributed by atoms with E-state index in [1.54, 1.807) is 4.80 Å². The molecule has 0 atom stereocenters. The number of aromatic nitrogens is 4. The van der Waals surface area contributed by atoms with E-state index in [9.17, 15) is 0 Å². The van der Waals surface area contributed by atoms with Crippen molar-refractivity contribution in [3.05, 3.63) is 34.9 Å². The number of halogens is 1. The summed E-state index contributed by atoms with van der Waals surface area (Å²) in [7, 11) is 0. The average molecular weight is 252 g/mol. The number of nitrogens with one attached hydrogen (secondary N) is 1. The summed E-state index contributed by atoms with van der Waals surface area (Å²) < 4.78 is 0. The Hall–Kier alpha value is -1.62. The Labute approximate surface area is 105 Å². The molecule has 2 aromatic rings. The van der Waals surface area contributed by atoms with Crippen LogP contribution in [0.4, 0.5) is 5.95 Å². The maximum Gasteiger partial charge on any atom is 0.263 e. The standard InChI is InChI=1S/C11H14ClN5/c1-2-6-17-15-11(14-16-17)13-8-9-4-3-5-10(12)7-9/h3-5,7H,2,6,8H2,1H3,(H,13,15). The molecule has 0 saturated carbocycles. The predicted molar refractivity (Wildman–Crippen MR) is 66.9 cm³/mol. The second-order valence-electron chi connectivity index (χ2n) is 3.69. The van der Waals surface area contributed by atoms with Crippen LogP contribution in [0.1, 0.15) is 18.9 Å². The SMILES string of the molecule is CCCn1nnc(NCc2cccc(Cl)c2)n1. The van der Waals surface area contributed by atoms with Crippen LogP contribution in [0.25, 0.3) is 0 Å². The number of hydrogen-bond donors (Lipinski definition) is 1. The monoisotopic (exact) mass is 251 g/mol. The molecule has 1 aromatic carbocycles. The highest BCUT2D eigenvalue weighted by atomic mass is 35.5. The Morgan fingerprint density at radius 2 is 2.29 bits per heavy atom. The molecule has 0 aliphatic heterocycles. The van der Waals surface area contributed by atoms with Gasteiger partial charge in [-0.25, -0.2) is 0 Å². The Kier molecular flexibility index (Phi) is 3.93. The maximum atomic E-state index is 5.90. The number of tetrazole rings is 1. The summed E-state index contributed by atoms with van der Waals surface area (Å²) in [5.74, 6) is 0.540. The first-order chi connectivity index (χ1) is 8.28. The summed E-state index contributed by atoms with van der Waals surface area (Å²) in [4.78, 5) is 1.58. The van der Waals surface area contributed by atoms with Crippen molar-refractivity contribution in [2.45, 2.75) is 26.4 Å². The number of aryl methyl sites for hydroxylation is 1. The number of benzene rings is 1. The van der Waals surface area contributed by atoms with Crippen LogP contribution in [0, 0.1) is 0 Å². The maximum absolute atomic E-state index is 5.90. The third kappa shape index (κ3) is 3.42. The molecule has 0 radical (unpaired) electrons. The summed E-state index contributed by atoms with van der Waals surface area (Å²) in [5.41, 5.74) is 1.09. The largest absolute Gasteiger partial charge is 0.348 e. The Morgan fingerprint density at radius 3 is 3.06 bits per heavy atom. The van der Waals surface area contributed by atoms with Crippen molar-refractivity contribution in [1.29, 1.82) is 0 Å². The number of hydrogen-bond acceptors (Lipinski definition) is 4. The van der Waals surface area contributed by atoms with Gasteiger partial charge in [-0.05, 0) is 29.3 Å². The molecule has 2 rings (SSSR count). The van der Waals surface area contributed by atoms with E-state index in [-0.39, 0.29) is 0 Å². The van der Waals surface area contributed by atoms with Gasteiger partial charge in [0.15, 0.2) is 0 Å². The van der Waals surface area contributed by atoms with Gasteiger partial charge in [0.2, 0.25) is 0 Å². The van der Waals surface area contributed by atoms with Crippen molar-refractivity contribution >= 4 is 17.5 Å². The van der Waals surface area contributed by atoms with Crippen molar-refractivity contribution in [1.82, 2.24) is 20.2 Å². The lowest BCUT2D eigenvalue weighted by Gasteiger charge is -2.01. The van der Waals surface area contributed by atoms with Gasteiger partial charge in [-0.15, -0.1) is 5.10 Å². The minimum atomic E-state index is 0.540. The fourth-order valence-electron chi connectivity index (χ4n) is 1.44. The van der Waals surface area contributed by atoms with Crippen LogP contribution in [0.2, 0.25) is 5.02 Å². The lowest BCUT2D eigenvalue weighted by Crippen LogP contribution is -2.03. The summed E-state index contributed by atoms with van der Waals surface area (Å²) in [5, 5.41) is 15.9. The molecule has 0 aliphatic rings. The van der Waals surface area contributed by atoms with E-state index in [1.165, 1.54) is 0 Å². The van der Waals surface area contributed by atoms with Crippen LogP contribution in [0.15, 0.2) is 24.3 Å². The van der Waals surface area contributed by atoms with Crippen LogP contribution in [-0.4, -0.2) is 20.2 Å². The molecular weight excluding hydrogens is 238 g/mol. The number of rotatable bonds is 5. The van der Waals surface area contributed by atoms with Gasteiger partial charge in [0, 0.05) is 11.6 Å². The lowest BCUT2D eigenvalue weighted by molar-refractivity contribution is 0.515. The Bertz CT molecular complexity index is 482. The van der Waals surface area contributed by atoms with E-state index in [0.717, 1.165) is 23.6 Å². The lowest BCUT2D eigenvalue weighted by atomic mass is 10.2. The van der Waals surface area contributed by atoms with Crippen molar-refractivity contribution in [2.75, 3.05) is 5.32 Å². The molecule has 0 saturated heterocycles. The molecule has 1 heterocycles. The molecular formula is C11H14ClN5. The van der Waals surface area contributed by atoms with Gasteiger partial charge in [0.1, 0.15) is 0 Å². The number of anilines is 1. The molecule has 1 N–H and O–H groups in total. The fraction of sp³-hybridized carbons (Fsp3) is 0.364. The molecule has 0 spiro atoms. The van der Waals surface area contributed by atoms with E-state index >= 15 is 0 Å². The van der Waals surface area contributed by atoms with Crippen LogP contribution in [0.5, 0.6) is 0 Å². The van der Waals surface area contributed by atoms with Gasteiger partial charge < -0.3 is 5.32 Å². The van der Waals surface area contributed by atoms with E-state index in [1.807, 2.05) is 24.3 Å². The molecule has 0 amide bonds. The molecule has 0 fully saturated rings. The van der Waals surface area contributed by atoms with Gasteiger partial charge in [-0.2, -0.15) is 4.80 Å². The second kappa shape index (κ2) is 5.63. The van der Waals surface area contributed by atoms with Crippen molar-refractivity contribution in [3.8, 4) is 0 Å². The van der Waals surface area contributed by atoms with Crippen molar-refractivity contribution in [3.63, 3.8) is 0 Å². The fourth-order valence-corrected chi connectivity index (χ4v) is 1.65. The highest BCUT2D eigenvalue weighted by Gasteiger charge is 2.01. The molecule has 5 nitrogen and oxygen atoms in total. The first kappa shape index (κ1) is 11.9. The highest BCUT2D eigenvalue weighted by Crippen LogP contribution is 2.11. The first-order valence-corrected chi connectivity index (χ1v) is 5.92. The zero-order chi connectivity index (χ0) is 12.1. The van der Waals surface area contributed by atoms with Gasteiger partial charge in [0.05, 0.1) is 6.54 Å². The number of nitrogens with zero attached hydrogens (tertiary/aromatic N) is 4. The summed E-state index contributed by atoms with van der Waals surface area (Å²) >= 11 is 5.90. The molecule has 0 unspecified atom stereocenters. The molecule has 17 heavy (non-hydrogen) atoms.